The Bertz CT molecular complexity index is 244. The molecular weight excluding hydrogens is 216 g/mol. The first-order chi connectivity index (χ1) is 8.06. The summed E-state index contributed by atoms with van der Waals surface area (Å²) in [5.74, 6) is 0.00680. The van der Waals surface area contributed by atoms with Gasteiger partial charge in [-0.2, -0.15) is 0 Å². The van der Waals surface area contributed by atoms with Gasteiger partial charge in [-0.1, -0.05) is 25.8 Å². The first kappa shape index (κ1) is 15.9. The molecule has 0 radical (unpaired) electrons. The van der Waals surface area contributed by atoms with E-state index in [0.717, 1.165) is 32.1 Å². The first-order valence-electron chi connectivity index (χ1n) is 6.41. The Morgan fingerprint density at radius 2 is 1.59 bits per heavy atom. The van der Waals surface area contributed by atoms with E-state index in [9.17, 15) is 9.59 Å². The Labute approximate surface area is 104 Å². The van der Waals surface area contributed by atoms with Crippen molar-refractivity contribution in [2.45, 2.75) is 64.9 Å². The monoisotopic (exact) mass is 240 g/mol. The van der Waals surface area contributed by atoms with E-state index in [1.54, 1.807) is 0 Å². The van der Waals surface area contributed by atoms with E-state index in [2.05, 4.69) is 6.58 Å². The van der Waals surface area contributed by atoms with Crippen LogP contribution in [0.15, 0.2) is 12.7 Å². The van der Waals surface area contributed by atoms with Gasteiger partial charge in [0.25, 0.3) is 0 Å². The van der Waals surface area contributed by atoms with Crippen LogP contribution in [0.1, 0.15) is 58.8 Å². The smallest absolute Gasteiger partial charge is 0.306 e. The lowest BCUT2D eigenvalue weighted by Gasteiger charge is -2.07. The maximum Gasteiger partial charge on any atom is 0.306 e. The van der Waals surface area contributed by atoms with Crippen LogP contribution in [-0.2, 0) is 14.3 Å². The van der Waals surface area contributed by atoms with Crippen molar-refractivity contribution in [3.63, 3.8) is 0 Å². The third kappa shape index (κ3) is 11.1. The fraction of sp³-hybridized carbons (Fsp3) is 0.714. The SMILES string of the molecule is C=CC(=O)CCCCCCCC(=O)OC(C)C. The topological polar surface area (TPSA) is 43.4 Å². The number of allylic oxidation sites excluding steroid dienone is 1. The lowest BCUT2D eigenvalue weighted by molar-refractivity contribution is -0.147. The van der Waals surface area contributed by atoms with Crippen LogP contribution in [0.2, 0.25) is 0 Å². The van der Waals surface area contributed by atoms with E-state index in [1.165, 1.54) is 6.08 Å². The molecule has 0 fully saturated rings. The molecule has 0 aliphatic carbocycles. The summed E-state index contributed by atoms with van der Waals surface area (Å²) < 4.78 is 5.03. The summed E-state index contributed by atoms with van der Waals surface area (Å²) in [6, 6.07) is 0. The highest BCUT2D eigenvalue weighted by Gasteiger charge is 2.04. The van der Waals surface area contributed by atoms with Gasteiger partial charge < -0.3 is 4.74 Å². The summed E-state index contributed by atoms with van der Waals surface area (Å²) in [5.41, 5.74) is 0. The molecule has 0 saturated heterocycles. The van der Waals surface area contributed by atoms with Gasteiger partial charge in [-0.25, -0.2) is 0 Å². The largest absolute Gasteiger partial charge is 0.463 e. The molecule has 0 aromatic rings. The zero-order valence-electron chi connectivity index (χ0n) is 11.0. The molecule has 0 amide bonds. The van der Waals surface area contributed by atoms with Crippen LogP contribution in [0.25, 0.3) is 0 Å². The molecule has 0 rings (SSSR count). The van der Waals surface area contributed by atoms with Crippen molar-refractivity contribution in [1.29, 1.82) is 0 Å². The van der Waals surface area contributed by atoms with Crippen LogP contribution in [0, 0.1) is 0 Å². The van der Waals surface area contributed by atoms with Gasteiger partial charge in [0, 0.05) is 12.8 Å². The highest BCUT2D eigenvalue weighted by Crippen LogP contribution is 2.08. The van der Waals surface area contributed by atoms with Crippen LogP contribution in [0.5, 0.6) is 0 Å². The Kier molecular flexibility index (Phi) is 9.40. The van der Waals surface area contributed by atoms with Gasteiger partial charge in [-0.3, -0.25) is 9.59 Å². The number of hydrogen-bond donors (Lipinski definition) is 0. The third-order valence-electron chi connectivity index (χ3n) is 2.40. The molecule has 0 aromatic carbocycles. The Morgan fingerprint density at radius 3 is 2.12 bits per heavy atom. The Balaban J connectivity index is 3.26. The van der Waals surface area contributed by atoms with Crippen molar-refractivity contribution in [1.82, 2.24) is 0 Å². The van der Waals surface area contributed by atoms with Crippen molar-refractivity contribution >= 4 is 11.8 Å². The van der Waals surface area contributed by atoms with Crippen molar-refractivity contribution < 1.29 is 14.3 Å². The van der Waals surface area contributed by atoms with Gasteiger partial charge in [0.2, 0.25) is 0 Å². The van der Waals surface area contributed by atoms with Crippen molar-refractivity contribution in [3.05, 3.63) is 12.7 Å². The average Bonchev–Trinajstić information content (AvgIpc) is 2.26. The minimum absolute atomic E-state index is 0.0209. The number of carbonyl (C=O) groups excluding carboxylic acids is 2. The van der Waals surface area contributed by atoms with Crippen LogP contribution in [0.3, 0.4) is 0 Å². The van der Waals surface area contributed by atoms with E-state index >= 15 is 0 Å². The van der Waals surface area contributed by atoms with Crippen molar-refractivity contribution in [3.8, 4) is 0 Å². The molecule has 0 saturated carbocycles. The zero-order valence-corrected chi connectivity index (χ0v) is 11.0. The van der Waals surface area contributed by atoms with E-state index in [-0.39, 0.29) is 17.9 Å². The van der Waals surface area contributed by atoms with Gasteiger partial charge in [0.1, 0.15) is 0 Å². The molecule has 0 aliphatic heterocycles. The molecule has 3 heteroatoms. The molecule has 0 N–H and O–H groups in total. The fourth-order valence-electron chi connectivity index (χ4n) is 1.52. The standard InChI is InChI=1S/C14H24O3/c1-4-13(15)10-8-6-5-7-9-11-14(16)17-12(2)3/h4,12H,1,5-11H2,2-3H3. The quantitative estimate of drug-likeness (QED) is 0.334. The van der Waals surface area contributed by atoms with Crippen LogP contribution in [0.4, 0.5) is 0 Å². The molecule has 0 aromatic heterocycles. The normalized spacial score (nSPS) is 10.3. The van der Waals surface area contributed by atoms with Crippen LogP contribution in [-0.4, -0.2) is 17.9 Å². The Morgan fingerprint density at radius 1 is 1.06 bits per heavy atom. The summed E-state index contributed by atoms with van der Waals surface area (Å²) in [5, 5.41) is 0. The summed E-state index contributed by atoms with van der Waals surface area (Å²) in [4.78, 5) is 22.1. The number of rotatable bonds is 10. The molecule has 0 unspecified atom stereocenters. The lowest BCUT2D eigenvalue weighted by atomic mass is 10.1. The molecule has 3 nitrogen and oxygen atoms in total. The molecular formula is C14H24O3. The molecule has 17 heavy (non-hydrogen) atoms. The molecule has 0 heterocycles. The number of esters is 1. The van der Waals surface area contributed by atoms with Crippen molar-refractivity contribution in [2.75, 3.05) is 0 Å². The molecule has 0 bridgehead atoms. The predicted octanol–water partition coefficient (Wildman–Crippen LogP) is 3.42. The summed E-state index contributed by atoms with van der Waals surface area (Å²) >= 11 is 0. The van der Waals surface area contributed by atoms with E-state index in [1.807, 2.05) is 13.8 Å². The number of unbranched alkanes of at least 4 members (excludes halogenated alkanes) is 4. The predicted molar refractivity (Wildman–Crippen MR) is 68.8 cm³/mol. The molecule has 0 spiro atoms. The number of ether oxygens (including phenoxy) is 1. The van der Waals surface area contributed by atoms with E-state index < -0.39 is 0 Å². The summed E-state index contributed by atoms with van der Waals surface area (Å²) in [6.45, 7) is 7.14. The zero-order chi connectivity index (χ0) is 13.1. The fourth-order valence-corrected chi connectivity index (χ4v) is 1.52. The van der Waals surface area contributed by atoms with Gasteiger partial charge >= 0.3 is 5.97 Å². The third-order valence-corrected chi connectivity index (χ3v) is 2.40. The van der Waals surface area contributed by atoms with Gasteiger partial charge in [0.15, 0.2) is 5.78 Å². The van der Waals surface area contributed by atoms with Gasteiger partial charge in [0.05, 0.1) is 6.10 Å². The maximum atomic E-state index is 11.2. The number of ketones is 1. The second kappa shape index (κ2) is 10.1. The second-order valence-corrected chi connectivity index (χ2v) is 4.48. The summed E-state index contributed by atoms with van der Waals surface area (Å²) in [7, 11) is 0. The second-order valence-electron chi connectivity index (χ2n) is 4.48. The molecule has 0 atom stereocenters. The lowest BCUT2D eigenvalue weighted by Crippen LogP contribution is -2.10. The number of hydrogen-bond acceptors (Lipinski definition) is 3. The number of carbonyl (C=O) groups is 2. The van der Waals surface area contributed by atoms with Crippen LogP contribution >= 0.6 is 0 Å². The van der Waals surface area contributed by atoms with E-state index in [4.69, 9.17) is 4.74 Å². The van der Waals surface area contributed by atoms with Crippen molar-refractivity contribution in [2.24, 2.45) is 0 Å². The average molecular weight is 240 g/mol. The minimum atomic E-state index is -0.109. The minimum Gasteiger partial charge on any atom is -0.463 e. The van der Waals surface area contributed by atoms with Gasteiger partial charge in [-0.05, 0) is 32.8 Å². The first-order valence-corrected chi connectivity index (χ1v) is 6.41. The highest BCUT2D eigenvalue weighted by atomic mass is 16.5. The van der Waals surface area contributed by atoms with Crippen LogP contribution < -0.4 is 0 Å². The van der Waals surface area contributed by atoms with E-state index in [0.29, 0.717) is 12.8 Å². The highest BCUT2D eigenvalue weighted by molar-refractivity contribution is 5.88. The maximum absolute atomic E-state index is 11.2. The summed E-state index contributed by atoms with van der Waals surface area (Å²) in [6.07, 6.45) is 7.38. The van der Waals surface area contributed by atoms with Gasteiger partial charge in [-0.15, -0.1) is 0 Å². The molecule has 98 valence electrons. The molecule has 0 aliphatic rings. The Hall–Kier alpha value is -1.12.